The van der Waals surface area contributed by atoms with E-state index in [4.69, 9.17) is 14.2 Å². The zero-order chi connectivity index (χ0) is 20.0. The molecular formula is C21H16FN3O3S. The molecule has 0 radical (unpaired) electrons. The zero-order valence-electron chi connectivity index (χ0n) is 15.7. The van der Waals surface area contributed by atoms with Gasteiger partial charge < -0.3 is 19.1 Å². The molecule has 0 aliphatic carbocycles. The normalized spacial score (nSPS) is 12.4. The minimum absolute atomic E-state index is 0.226. The largest absolute Gasteiger partial charge is 0.496 e. The van der Waals surface area contributed by atoms with Crippen molar-refractivity contribution in [2.45, 2.75) is 0 Å². The highest BCUT2D eigenvalue weighted by Crippen LogP contribution is 2.42. The summed E-state index contributed by atoms with van der Waals surface area (Å²) < 4.78 is 31.0. The molecule has 0 unspecified atom stereocenters. The number of methoxy groups -OCH3 is 1. The van der Waals surface area contributed by atoms with Crippen molar-refractivity contribution in [2.24, 2.45) is 0 Å². The molecule has 8 heteroatoms. The van der Waals surface area contributed by atoms with E-state index in [9.17, 15) is 4.39 Å². The minimum atomic E-state index is -0.318. The molecule has 0 atom stereocenters. The van der Waals surface area contributed by atoms with Crippen LogP contribution in [0.1, 0.15) is 0 Å². The molecule has 146 valence electrons. The van der Waals surface area contributed by atoms with Crippen LogP contribution in [0.25, 0.3) is 20.7 Å². The van der Waals surface area contributed by atoms with Crippen LogP contribution in [0.2, 0.25) is 0 Å². The second-order valence-corrected chi connectivity index (χ2v) is 7.52. The molecule has 3 heterocycles. The molecule has 0 saturated carbocycles. The maximum absolute atomic E-state index is 13.9. The van der Waals surface area contributed by atoms with E-state index in [1.165, 1.54) is 29.8 Å². The first kappa shape index (κ1) is 17.7. The van der Waals surface area contributed by atoms with Crippen LogP contribution in [0, 0.1) is 5.82 Å². The van der Waals surface area contributed by atoms with Crippen molar-refractivity contribution < 1.29 is 18.6 Å². The summed E-state index contributed by atoms with van der Waals surface area (Å²) in [6.45, 7) is 0.226. The molecule has 0 fully saturated rings. The SMILES string of the molecule is COc1ccc(F)cc1-c1cc2ncnc(N(C)c3ccc4c(c3)OCO4)c2s1. The topological polar surface area (TPSA) is 56.7 Å². The number of hydrogen-bond donors (Lipinski definition) is 0. The summed E-state index contributed by atoms with van der Waals surface area (Å²) in [5.41, 5.74) is 2.38. The minimum Gasteiger partial charge on any atom is -0.496 e. The Morgan fingerprint density at radius 3 is 2.79 bits per heavy atom. The average molecular weight is 409 g/mol. The number of nitrogens with zero attached hydrogens (tertiary/aromatic N) is 3. The quantitative estimate of drug-likeness (QED) is 0.473. The number of aromatic nitrogens is 2. The Labute approximate surface area is 170 Å². The Morgan fingerprint density at radius 1 is 1.07 bits per heavy atom. The van der Waals surface area contributed by atoms with Gasteiger partial charge in [-0.2, -0.15) is 0 Å². The van der Waals surface area contributed by atoms with Crippen LogP contribution in [0.3, 0.4) is 0 Å². The highest BCUT2D eigenvalue weighted by atomic mass is 32.1. The summed E-state index contributed by atoms with van der Waals surface area (Å²) in [7, 11) is 3.50. The maximum Gasteiger partial charge on any atom is 0.231 e. The van der Waals surface area contributed by atoms with Crippen molar-refractivity contribution in [1.29, 1.82) is 0 Å². The van der Waals surface area contributed by atoms with Crippen LogP contribution in [-0.2, 0) is 0 Å². The van der Waals surface area contributed by atoms with Gasteiger partial charge in [0.15, 0.2) is 17.3 Å². The van der Waals surface area contributed by atoms with Gasteiger partial charge in [0, 0.05) is 29.2 Å². The second-order valence-electron chi connectivity index (χ2n) is 6.46. The van der Waals surface area contributed by atoms with Gasteiger partial charge in [0.1, 0.15) is 17.9 Å². The molecule has 0 saturated heterocycles. The number of benzene rings is 2. The zero-order valence-corrected chi connectivity index (χ0v) is 16.5. The molecule has 0 bridgehead atoms. The molecular weight excluding hydrogens is 393 g/mol. The van der Waals surface area contributed by atoms with Crippen molar-refractivity contribution in [3.05, 3.63) is 54.6 Å². The van der Waals surface area contributed by atoms with Gasteiger partial charge in [-0.1, -0.05) is 0 Å². The number of halogens is 1. The summed E-state index contributed by atoms with van der Waals surface area (Å²) in [6, 6.07) is 12.2. The van der Waals surface area contributed by atoms with Crippen LogP contribution >= 0.6 is 11.3 Å². The lowest BCUT2D eigenvalue weighted by Gasteiger charge is -2.19. The lowest BCUT2D eigenvalue weighted by molar-refractivity contribution is 0.174. The highest BCUT2D eigenvalue weighted by Gasteiger charge is 2.19. The van der Waals surface area contributed by atoms with Crippen molar-refractivity contribution in [2.75, 3.05) is 25.9 Å². The van der Waals surface area contributed by atoms with Gasteiger partial charge in [-0.05, 0) is 36.4 Å². The van der Waals surface area contributed by atoms with Gasteiger partial charge in [-0.25, -0.2) is 14.4 Å². The van der Waals surface area contributed by atoms with Gasteiger partial charge >= 0.3 is 0 Å². The molecule has 1 aliphatic heterocycles. The number of anilines is 2. The van der Waals surface area contributed by atoms with Crippen molar-refractivity contribution in [1.82, 2.24) is 9.97 Å². The van der Waals surface area contributed by atoms with Crippen LogP contribution in [-0.4, -0.2) is 30.9 Å². The van der Waals surface area contributed by atoms with Gasteiger partial charge in [-0.15, -0.1) is 11.3 Å². The first-order chi connectivity index (χ1) is 14.1. The molecule has 0 amide bonds. The van der Waals surface area contributed by atoms with Gasteiger partial charge in [-0.3, -0.25) is 0 Å². The molecule has 29 heavy (non-hydrogen) atoms. The molecule has 1 aliphatic rings. The Kier molecular flexibility index (Phi) is 4.21. The predicted octanol–water partition coefficient (Wildman–Crippen LogP) is 5.00. The van der Waals surface area contributed by atoms with E-state index >= 15 is 0 Å². The third-order valence-corrected chi connectivity index (χ3v) is 5.93. The summed E-state index contributed by atoms with van der Waals surface area (Å²) in [4.78, 5) is 11.7. The van der Waals surface area contributed by atoms with Crippen molar-refractivity contribution in [3.8, 4) is 27.7 Å². The van der Waals surface area contributed by atoms with Gasteiger partial charge in [0.05, 0.1) is 17.3 Å². The Bertz CT molecular complexity index is 1230. The lowest BCUT2D eigenvalue weighted by Crippen LogP contribution is -2.11. The number of fused-ring (bicyclic) bond motifs is 2. The van der Waals surface area contributed by atoms with E-state index in [1.54, 1.807) is 13.2 Å². The van der Waals surface area contributed by atoms with E-state index in [2.05, 4.69) is 9.97 Å². The van der Waals surface area contributed by atoms with E-state index in [0.717, 1.165) is 32.3 Å². The van der Waals surface area contributed by atoms with E-state index in [0.29, 0.717) is 17.1 Å². The number of ether oxygens (including phenoxy) is 3. The fourth-order valence-electron chi connectivity index (χ4n) is 3.30. The standard InChI is InChI=1S/C21H16FN3O3S/c1-25(13-4-6-17-18(8-13)28-11-27-17)21-20-15(23-10-24-21)9-19(29-20)14-7-12(22)3-5-16(14)26-2/h3-10H,11H2,1-2H3. The van der Waals surface area contributed by atoms with Gasteiger partial charge in [0.2, 0.25) is 6.79 Å². The summed E-state index contributed by atoms with van der Waals surface area (Å²) in [5, 5.41) is 0. The average Bonchev–Trinajstić information content (AvgIpc) is 3.39. The van der Waals surface area contributed by atoms with E-state index in [1.807, 2.05) is 36.2 Å². The highest BCUT2D eigenvalue weighted by molar-refractivity contribution is 7.22. The Morgan fingerprint density at radius 2 is 1.93 bits per heavy atom. The third kappa shape index (κ3) is 3.01. The van der Waals surface area contributed by atoms with Crippen LogP contribution in [0.15, 0.2) is 48.8 Å². The first-order valence-corrected chi connectivity index (χ1v) is 9.67. The molecule has 0 spiro atoms. The first-order valence-electron chi connectivity index (χ1n) is 8.86. The molecule has 5 rings (SSSR count). The predicted molar refractivity (Wildman–Crippen MR) is 110 cm³/mol. The number of hydrogen-bond acceptors (Lipinski definition) is 7. The smallest absolute Gasteiger partial charge is 0.231 e. The Balaban J connectivity index is 1.60. The molecule has 2 aromatic carbocycles. The van der Waals surface area contributed by atoms with Crippen LogP contribution in [0.5, 0.6) is 17.2 Å². The third-order valence-electron chi connectivity index (χ3n) is 4.78. The molecule has 2 aromatic heterocycles. The van der Waals surface area contributed by atoms with Crippen molar-refractivity contribution in [3.63, 3.8) is 0 Å². The fourth-order valence-corrected chi connectivity index (χ4v) is 4.46. The second kappa shape index (κ2) is 6.89. The van der Waals surface area contributed by atoms with Gasteiger partial charge in [0.25, 0.3) is 0 Å². The lowest BCUT2D eigenvalue weighted by atomic mass is 10.1. The van der Waals surface area contributed by atoms with Crippen LogP contribution in [0.4, 0.5) is 15.9 Å². The summed E-state index contributed by atoms with van der Waals surface area (Å²) >= 11 is 1.49. The van der Waals surface area contributed by atoms with Crippen LogP contribution < -0.4 is 19.1 Å². The summed E-state index contributed by atoms with van der Waals surface area (Å²) in [5.74, 6) is 2.47. The van der Waals surface area contributed by atoms with E-state index < -0.39 is 0 Å². The number of rotatable bonds is 4. The molecule has 4 aromatic rings. The number of thiophene rings is 1. The molecule has 6 nitrogen and oxygen atoms in total. The van der Waals surface area contributed by atoms with E-state index in [-0.39, 0.29) is 12.6 Å². The molecule has 0 N–H and O–H groups in total. The monoisotopic (exact) mass is 409 g/mol. The maximum atomic E-state index is 13.9. The fraction of sp³-hybridized carbons (Fsp3) is 0.143. The van der Waals surface area contributed by atoms with Crippen molar-refractivity contribution >= 4 is 33.1 Å². The Hall–Kier alpha value is -3.39. The summed E-state index contributed by atoms with van der Waals surface area (Å²) in [6.07, 6.45) is 1.53.